The van der Waals surface area contributed by atoms with Crippen LogP contribution in [0.25, 0.3) is 10.9 Å². The predicted molar refractivity (Wildman–Crippen MR) is 94.2 cm³/mol. The van der Waals surface area contributed by atoms with Crippen LogP contribution in [0.5, 0.6) is 0 Å². The number of fused-ring (bicyclic) bond motifs is 2. The molecule has 6 heteroatoms. The van der Waals surface area contributed by atoms with Crippen molar-refractivity contribution >= 4 is 28.1 Å². The lowest BCUT2D eigenvalue weighted by atomic mass is 10.0. The minimum Gasteiger partial charge on any atom is -0.334 e. The highest BCUT2D eigenvalue weighted by Crippen LogP contribution is 2.32. The molecule has 2 aromatic heterocycles. The summed E-state index contributed by atoms with van der Waals surface area (Å²) in [6.45, 7) is 2.77. The molecule has 0 bridgehead atoms. The predicted octanol–water partition coefficient (Wildman–Crippen LogP) is 2.60. The first-order valence-electron chi connectivity index (χ1n) is 7.95. The maximum absolute atomic E-state index is 12.7. The van der Waals surface area contributed by atoms with E-state index in [1.54, 1.807) is 23.5 Å². The molecule has 1 atom stereocenters. The van der Waals surface area contributed by atoms with E-state index in [1.165, 1.54) is 21.3 Å². The second-order valence-electron chi connectivity index (χ2n) is 6.01. The molecule has 3 heterocycles. The summed E-state index contributed by atoms with van der Waals surface area (Å²) in [5.74, 6) is -0.0430. The molecule has 0 spiro atoms. The summed E-state index contributed by atoms with van der Waals surface area (Å²) in [5.41, 5.74) is 1.71. The molecule has 122 valence electrons. The van der Waals surface area contributed by atoms with Gasteiger partial charge in [0, 0.05) is 11.4 Å². The zero-order valence-corrected chi connectivity index (χ0v) is 14.1. The van der Waals surface area contributed by atoms with Crippen LogP contribution in [0.2, 0.25) is 0 Å². The van der Waals surface area contributed by atoms with E-state index in [2.05, 4.69) is 16.4 Å². The van der Waals surface area contributed by atoms with Gasteiger partial charge in [0.05, 0.1) is 23.3 Å². The fraction of sp³-hybridized carbons (Fsp3) is 0.278. The number of carbonyl (C=O) groups excluding carboxylic acids is 1. The van der Waals surface area contributed by atoms with E-state index in [4.69, 9.17) is 0 Å². The summed E-state index contributed by atoms with van der Waals surface area (Å²) in [7, 11) is 0. The minimum absolute atomic E-state index is 0.0283. The summed E-state index contributed by atoms with van der Waals surface area (Å²) < 4.78 is 1.40. The van der Waals surface area contributed by atoms with Gasteiger partial charge in [-0.15, -0.1) is 11.3 Å². The van der Waals surface area contributed by atoms with Gasteiger partial charge in [-0.3, -0.25) is 14.2 Å². The molecule has 1 aliphatic heterocycles. The molecular weight excluding hydrogens is 322 g/mol. The number of amides is 1. The molecule has 1 aliphatic rings. The Morgan fingerprint density at radius 3 is 3.04 bits per heavy atom. The number of benzene rings is 1. The van der Waals surface area contributed by atoms with Gasteiger partial charge in [-0.2, -0.15) is 0 Å². The lowest BCUT2D eigenvalue weighted by Gasteiger charge is -2.33. The van der Waals surface area contributed by atoms with Crippen LogP contribution in [-0.4, -0.2) is 26.9 Å². The van der Waals surface area contributed by atoms with Crippen molar-refractivity contribution in [2.75, 3.05) is 6.54 Å². The number of carbonyl (C=O) groups is 1. The molecule has 1 amide bonds. The molecule has 0 fully saturated rings. The molecule has 0 saturated heterocycles. The summed E-state index contributed by atoms with van der Waals surface area (Å²) in [5, 5.41) is 2.62. The van der Waals surface area contributed by atoms with Gasteiger partial charge >= 0.3 is 0 Å². The Kier molecular flexibility index (Phi) is 3.69. The quantitative estimate of drug-likeness (QED) is 0.721. The first kappa shape index (κ1) is 15.1. The Morgan fingerprint density at radius 1 is 1.33 bits per heavy atom. The number of para-hydroxylation sites is 1. The van der Waals surface area contributed by atoms with Gasteiger partial charge in [-0.1, -0.05) is 12.1 Å². The van der Waals surface area contributed by atoms with Gasteiger partial charge in [-0.05, 0) is 42.5 Å². The molecule has 5 nitrogen and oxygen atoms in total. The fourth-order valence-corrected chi connectivity index (χ4v) is 4.27. The molecule has 0 saturated carbocycles. The summed E-state index contributed by atoms with van der Waals surface area (Å²) in [6.07, 6.45) is 2.35. The Labute approximate surface area is 143 Å². The smallest absolute Gasteiger partial charge is 0.261 e. The first-order valence-corrected chi connectivity index (χ1v) is 8.83. The van der Waals surface area contributed by atoms with Crippen LogP contribution in [0.1, 0.15) is 23.4 Å². The van der Waals surface area contributed by atoms with Crippen LogP contribution in [0.3, 0.4) is 0 Å². The standard InChI is InChI=1S/C18H17N3O2S/c1-12-13-7-9-24-16(13)6-8-21(12)17(22)10-20-11-19-15-5-3-2-4-14(15)18(20)23/h2-5,7,9,11-12H,6,8,10H2,1H3/t12-/m1/s1. The van der Waals surface area contributed by atoms with Crippen LogP contribution in [-0.2, 0) is 17.8 Å². The van der Waals surface area contributed by atoms with Crippen molar-refractivity contribution in [3.63, 3.8) is 0 Å². The maximum Gasteiger partial charge on any atom is 0.261 e. The van der Waals surface area contributed by atoms with Crippen molar-refractivity contribution < 1.29 is 4.79 Å². The Hall–Kier alpha value is -2.47. The summed E-state index contributed by atoms with van der Waals surface area (Å²) >= 11 is 1.75. The number of rotatable bonds is 2. The lowest BCUT2D eigenvalue weighted by molar-refractivity contribution is -0.134. The van der Waals surface area contributed by atoms with Gasteiger partial charge in [0.2, 0.25) is 5.91 Å². The largest absolute Gasteiger partial charge is 0.334 e. The van der Waals surface area contributed by atoms with E-state index in [-0.39, 0.29) is 24.1 Å². The van der Waals surface area contributed by atoms with Crippen molar-refractivity contribution in [2.45, 2.75) is 25.9 Å². The monoisotopic (exact) mass is 339 g/mol. The highest BCUT2D eigenvalue weighted by Gasteiger charge is 2.28. The van der Waals surface area contributed by atoms with E-state index in [1.807, 2.05) is 24.0 Å². The van der Waals surface area contributed by atoms with Crippen LogP contribution >= 0.6 is 11.3 Å². The van der Waals surface area contributed by atoms with Crippen molar-refractivity contribution in [1.82, 2.24) is 14.5 Å². The zero-order valence-electron chi connectivity index (χ0n) is 13.3. The molecule has 4 rings (SSSR count). The van der Waals surface area contributed by atoms with Crippen molar-refractivity contribution in [3.8, 4) is 0 Å². The second kappa shape index (κ2) is 5.87. The van der Waals surface area contributed by atoms with Crippen LogP contribution < -0.4 is 5.56 Å². The van der Waals surface area contributed by atoms with Gasteiger partial charge < -0.3 is 4.90 Å². The van der Waals surface area contributed by atoms with Crippen molar-refractivity contribution in [2.24, 2.45) is 0 Å². The third-order valence-corrected chi connectivity index (χ3v) is 5.63. The van der Waals surface area contributed by atoms with Gasteiger partial charge in [0.15, 0.2) is 0 Å². The van der Waals surface area contributed by atoms with E-state index in [0.717, 1.165) is 6.42 Å². The molecule has 0 aliphatic carbocycles. The average molecular weight is 339 g/mol. The molecule has 1 aromatic carbocycles. The van der Waals surface area contributed by atoms with Gasteiger partial charge in [0.25, 0.3) is 5.56 Å². The van der Waals surface area contributed by atoms with Gasteiger partial charge in [0.1, 0.15) is 6.54 Å². The van der Waals surface area contributed by atoms with Crippen LogP contribution in [0, 0.1) is 0 Å². The van der Waals surface area contributed by atoms with Gasteiger partial charge in [-0.25, -0.2) is 4.98 Å². The fourth-order valence-electron chi connectivity index (χ4n) is 3.31. The number of hydrogen-bond acceptors (Lipinski definition) is 4. The number of hydrogen-bond donors (Lipinski definition) is 0. The molecular formula is C18H17N3O2S. The third-order valence-electron chi connectivity index (χ3n) is 4.63. The highest BCUT2D eigenvalue weighted by atomic mass is 32.1. The lowest BCUT2D eigenvalue weighted by Crippen LogP contribution is -2.41. The van der Waals surface area contributed by atoms with E-state index >= 15 is 0 Å². The van der Waals surface area contributed by atoms with Crippen LogP contribution in [0.4, 0.5) is 0 Å². The highest BCUT2D eigenvalue weighted by molar-refractivity contribution is 7.10. The average Bonchev–Trinajstić information content (AvgIpc) is 3.07. The summed E-state index contributed by atoms with van der Waals surface area (Å²) in [6, 6.07) is 9.34. The van der Waals surface area contributed by atoms with Crippen molar-refractivity contribution in [1.29, 1.82) is 0 Å². The molecule has 0 N–H and O–H groups in total. The topological polar surface area (TPSA) is 55.2 Å². The van der Waals surface area contributed by atoms with E-state index < -0.39 is 0 Å². The minimum atomic E-state index is -0.171. The number of nitrogens with zero attached hydrogens (tertiary/aromatic N) is 3. The van der Waals surface area contributed by atoms with E-state index in [9.17, 15) is 9.59 Å². The van der Waals surface area contributed by atoms with Crippen LogP contribution in [0.15, 0.2) is 46.8 Å². The third kappa shape index (κ3) is 2.43. The Balaban J connectivity index is 1.61. The van der Waals surface area contributed by atoms with E-state index in [0.29, 0.717) is 17.4 Å². The molecule has 24 heavy (non-hydrogen) atoms. The molecule has 0 radical (unpaired) electrons. The second-order valence-corrected chi connectivity index (χ2v) is 7.01. The SMILES string of the molecule is C[C@@H]1c2ccsc2CCN1C(=O)Cn1cnc2ccccc2c1=O. The Bertz CT molecular complexity index is 976. The Morgan fingerprint density at radius 2 is 2.17 bits per heavy atom. The maximum atomic E-state index is 12.7. The van der Waals surface area contributed by atoms with Crippen molar-refractivity contribution in [3.05, 3.63) is 62.8 Å². The first-order chi connectivity index (χ1) is 11.6. The zero-order chi connectivity index (χ0) is 16.7. The number of thiophene rings is 1. The normalized spacial score (nSPS) is 17.0. The molecule has 0 unspecified atom stereocenters. The number of aromatic nitrogens is 2. The molecule has 3 aromatic rings. The summed E-state index contributed by atoms with van der Waals surface area (Å²) in [4.78, 5) is 32.8.